The molecule has 2 aliphatic rings. The summed E-state index contributed by atoms with van der Waals surface area (Å²) in [6, 6.07) is 12.8. The van der Waals surface area contributed by atoms with Gasteiger partial charge in [-0.05, 0) is 59.2 Å². The van der Waals surface area contributed by atoms with Gasteiger partial charge in [0.15, 0.2) is 5.60 Å². The molecule has 0 bridgehead atoms. The third kappa shape index (κ3) is 6.88. The Labute approximate surface area is 231 Å². The van der Waals surface area contributed by atoms with Gasteiger partial charge in [-0.25, -0.2) is 4.79 Å². The van der Waals surface area contributed by atoms with Crippen LogP contribution in [0.15, 0.2) is 60.8 Å². The van der Waals surface area contributed by atoms with Crippen molar-refractivity contribution >= 4 is 17.5 Å². The Morgan fingerprint density at radius 3 is 2.46 bits per heavy atom. The normalized spacial score (nSPS) is 18.2. The zero-order chi connectivity index (χ0) is 29.2. The molecule has 0 spiro atoms. The van der Waals surface area contributed by atoms with E-state index in [0.29, 0.717) is 37.4 Å². The number of nitro groups is 1. The Kier molecular flexibility index (Phi) is 7.47. The fraction of sp³-hybridized carbons (Fsp3) is 0.333. The summed E-state index contributed by atoms with van der Waals surface area (Å²) in [5.74, 6) is 0.0258. The van der Waals surface area contributed by atoms with Crippen LogP contribution in [0.2, 0.25) is 0 Å². The molecule has 0 fully saturated rings. The van der Waals surface area contributed by atoms with Crippen LogP contribution in [-0.2, 0) is 17.9 Å². The van der Waals surface area contributed by atoms with Gasteiger partial charge in [-0.3, -0.25) is 4.57 Å². The predicted molar refractivity (Wildman–Crippen MR) is 137 cm³/mol. The van der Waals surface area contributed by atoms with Crippen LogP contribution in [-0.4, -0.2) is 57.1 Å². The van der Waals surface area contributed by atoms with Crippen molar-refractivity contribution in [3.63, 3.8) is 0 Å². The van der Waals surface area contributed by atoms with E-state index < -0.39 is 23.0 Å². The molecular formula is C27H25F3N4O7. The molecule has 1 atom stereocenters. The minimum atomic E-state index is -4.77. The summed E-state index contributed by atoms with van der Waals surface area (Å²) in [5.41, 5.74) is 1.87. The maximum absolute atomic E-state index is 12.5. The number of aromatic nitrogens is 2. The first-order valence-corrected chi connectivity index (χ1v) is 12.6. The maximum Gasteiger partial charge on any atom is 0.573 e. The van der Waals surface area contributed by atoms with Crippen molar-refractivity contribution in [1.82, 2.24) is 14.5 Å². The number of imidazole rings is 1. The molecule has 1 unspecified atom stereocenters. The van der Waals surface area contributed by atoms with Crippen LogP contribution in [0.25, 0.3) is 5.57 Å². The van der Waals surface area contributed by atoms with Crippen LogP contribution in [0.3, 0.4) is 0 Å². The van der Waals surface area contributed by atoms with Crippen molar-refractivity contribution in [1.29, 1.82) is 0 Å². The molecule has 0 saturated heterocycles. The highest BCUT2D eigenvalue weighted by molar-refractivity contribution is 5.72. The Morgan fingerprint density at radius 1 is 1.15 bits per heavy atom. The van der Waals surface area contributed by atoms with Gasteiger partial charge in [0.25, 0.3) is 0 Å². The highest BCUT2D eigenvalue weighted by Crippen LogP contribution is 2.32. The zero-order valence-corrected chi connectivity index (χ0v) is 21.8. The van der Waals surface area contributed by atoms with Crippen LogP contribution in [0.1, 0.15) is 24.5 Å². The third-order valence-corrected chi connectivity index (χ3v) is 6.51. The van der Waals surface area contributed by atoms with Gasteiger partial charge in [-0.2, -0.15) is 0 Å². The third-order valence-electron chi connectivity index (χ3n) is 6.51. The molecule has 0 aliphatic carbocycles. The second kappa shape index (κ2) is 11.0. The summed E-state index contributed by atoms with van der Waals surface area (Å²) in [6.07, 6.45) is -1.39. The number of halogens is 3. The lowest BCUT2D eigenvalue weighted by Gasteiger charge is -2.26. The van der Waals surface area contributed by atoms with E-state index in [4.69, 9.17) is 14.2 Å². The lowest BCUT2D eigenvalue weighted by Crippen LogP contribution is -2.38. The van der Waals surface area contributed by atoms with E-state index in [0.717, 1.165) is 23.3 Å². The van der Waals surface area contributed by atoms with E-state index in [1.807, 2.05) is 37.3 Å². The molecule has 216 valence electrons. The summed E-state index contributed by atoms with van der Waals surface area (Å²) >= 11 is 0. The Balaban J connectivity index is 1.07. The fourth-order valence-electron chi connectivity index (χ4n) is 4.48. The lowest BCUT2D eigenvalue weighted by molar-refractivity contribution is -0.389. The second-order valence-electron chi connectivity index (χ2n) is 9.80. The van der Waals surface area contributed by atoms with E-state index in [9.17, 15) is 28.1 Å². The molecule has 3 aromatic rings. The molecular weight excluding hydrogens is 549 g/mol. The van der Waals surface area contributed by atoms with Crippen LogP contribution in [0, 0.1) is 10.1 Å². The van der Waals surface area contributed by atoms with Crippen LogP contribution in [0.5, 0.6) is 17.5 Å². The minimum absolute atomic E-state index is 0.0769. The van der Waals surface area contributed by atoms with Gasteiger partial charge in [0.1, 0.15) is 30.9 Å². The second-order valence-corrected chi connectivity index (χ2v) is 9.80. The molecule has 41 heavy (non-hydrogen) atoms. The standard InChI is InChI=1S/C27H25F3N4O7/c1-26(16-33-14-23(34(36)37)31-24(33)41-26)17-39-21-8-4-19(5-9-21)20-10-12-32(13-11-20)25(35)38-15-18-2-6-22(7-3-18)40-27(28,29)30/h2-10,14H,11-13,15-17H2,1H3. The summed E-state index contributed by atoms with van der Waals surface area (Å²) in [6.45, 7) is 3.16. The lowest BCUT2D eigenvalue weighted by atomic mass is 9.99. The molecule has 1 amide bonds. The highest BCUT2D eigenvalue weighted by Gasteiger charge is 2.41. The summed E-state index contributed by atoms with van der Waals surface area (Å²) < 4.78 is 59.3. The summed E-state index contributed by atoms with van der Waals surface area (Å²) in [7, 11) is 0. The quantitative estimate of drug-likeness (QED) is 0.261. The van der Waals surface area contributed by atoms with Gasteiger partial charge >= 0.3 is 24.3 Å². The minimum Gasteiger partial charge on any atom is -0.489 e. The van der Waals surface area contributed by atoms with Crippen molar-refractivity contribution in [2.75, 3.05) is 19.7 Å². The summed E-state index contributed by atoms with van der Waals surface area (Å²) in [5, 5.41) is 10.9. The molecule has 0 N–H and O–H groups in total. The first-order valence-electron chi connectivity index (χ1n) is 12.6. The number of alkyl halides is 3. The van der Waals surface area contributed by atoms with Gasteiger partial charge in [0.05, 0.1) is 6.54 Å². The largest absolute Gasteiger partial charge is 0.573 e. The number of benzene rings is 2. The molecule has 1 aromatic heterocycles. The molecule has 0 saturated carbocycles. The van der Waals surface area contributed by atoms with Gasteiger partial charge in [0, 0.05) is 18.1 Å². The van der Waals surface area contributed by atoms with Crippen molar-refractivity contribution in [2.45, 2.75) is 38.5 Å². The molecule has 11 nitrogen and oxygen atoms in total. The maximum atomic E-state index is 12.5. The average molecular weight is 575 g/mol. The number of nitrogens with zero attached hydrogens (tertiary/aromatic N) is 4. The SMILES string of the molecule is CC1(COc2ccc(C3=CCN(C(=O)OCc4ccc(OC(F)(F)F)cc4)CC3)cc2)Cn2cc([N+](=O)[O-])nc2O1. The Bertz CT molecular complexity index is 1430. The Morgan fingerprint density at radius 2 is 1.85 bits per heavy atom. The first-order chi connectivity index (χ1) is 19.5. The van der Waals surface area contributed by atoms with Crippen LogP contribution in [0.4, 0.5) is 23.8 Å². The Hall–Kier alpha value is -4.75. The molecule has 2 aliphatic heterocycles. The number of hydrogen-bond donors (Lipinski definition) is 0. The van der Waals surface area contributed by atoms with E-state index in [2.05, 4.69) is 9.72 Å². The molecule has 5 rings (SSSR count). The van der Waals surface area contributed by atoms with Crippen molar-refractivity contribution in [3.05, 3.63) is 82.0 Å². The number of hydrogen-bond acceptors (Lipinski definition) is 8. The number of fused-ring (bicyclic) bond motifs is 1. The van der Waals surface area contributed by atoms with Crippen LogP contribution < -0.4 is 14.2 Å². The van der Waals surface area contributed by atoms with Gasteiger partial charge in [0.2, 0.25) is 0 Å². The van der Waals surface area contributed by atoms with E-state index in [1.165, 1.54) is 18.3 Å². The average Bonchev–Trinajstić information content (AvgIpc) is 3.47. The number of carbonyl (C=O) groups is 1. The topological polar surface area (TPSA) is 118 Å². The zero-order valence-electron chi connectivity index (χ0n) is 21.8. The monoisotopic (exact) mass is 574 g/mol. The van der Waals surface area contributed by atoms with Gasteiger partial charge in [-0.15, -0.1) is 13.2 Å². The first kappa shape index (κ1) is 27.8. The van der Waals surface area contributed by atoms with Crippen molar-refractivity contribution in [2.24, 2.45) is 0 Å². The van der Waals surface area contributed by atoms with Gasteiger partial charge < -0.3 is 34.0 Å². The summed E-state index contributed by atoms with van der Waals surface area (Å²) in [4.78, 5) is 28.2. The van der Waals surface area contributed by atoms with Crippen molar-refractivity contribution < 1.29 is 41.8 Å². The van der Waals surface area contributed by atoms with E-state index in [1.54, 1.807) is 9.47 Å². The van der Waals surface area contributed by atoms with Gasteiger partial charge in [-0.1, -0.05) is 30.3 Å². The number of rotatable bonds is 8. The number of carbonyl (C=O) groups excluding carboxylic acids is 1. The van der Waals surface area contributed by atoms with E-state index >= 15 is 0 Å². The smallest absolute Gasteiger partial charge is 0.489 e. The molecule has 14 heteroatoms. The van der Waals surface area contributed by atoms with Crippen LogP contribution >= 0.6 is 0 Å². The molecule has 3 heterocycles. The predicted octanol–water partition coefficient (Wildman–Crippen LogP) is 5.35. The molecule has 0 radical (unpaired) electrons. The van der Waals surface area contributed by atoms with E-state index in [-0.39, 0.29) is 30.8 Å². The highest BCUT2D eigenvalue weighted by atomic mass is 19.4. The number of amides is 1. The number of ether oxygens (including phenoxy) is 4. The fourth-order valence-corrected chi connectivity index (χ4v) is 4.48. The molecule has 2 aromatic carbocycles. The van der Waals surface area contributed by atoms with Crippen molar-refractivity contribution in [3.8, 4) is 17.5 Å².